The number of carbonyl (C=O) groups excluding carboxylic acids is 1. The largest absolute Gasteiger partial charge is 0.373 e. The molecule has 0 amide bonds. The van der Waals surface area contributed by atoms with Gasteiger partial charge in [0.1, 0.15) is 0 Å². The monoisotopic (exact) mass is 210 g/mol. The van der Waals surface area contributed by atoms with Gasteiger partial charge in [0.15, 0.2) is 6.79 Å². The van der Waals surface area contributed by atoms with E-state index >= 15 is 0 Å². The number of carbonyl (C=O) groups is 1. The standard InChI is InChI=1S/C11H14O4/c1-2-8-13-9-14-15-11(12)10-6-4-3-5-7-10/h3-7H,2,8-9H2,1H3. The zero-order valence-corrected chi connectivity index (χ0v) is 8.64. The Morgan fingerprint density at radius 3 is 2.67 bits per heavy atom. The maximum atomic E-state index is 11.3. The van der Waals surface area contributed by atoms with Crippen LogP contribution in [0.5, 0.6) is 0 Å². The van der Waals surface area contributed by atoms with Crippen molar-refractivity contribution in [1.29, 1.82) is 0 Å². The highest BCUT2D eigenvalue weighted by atomic mass is 17.2. The smallest absolute Gasteiger partial charge is 0.351 e. The molecule has 0 saturated heterocycles. The van der Waals surface area contributed by atoms with Crippen molar-refractivity contribution in [2.24, 2.45) is 0 Å². The summed E-state index contributed by atoms with van der Waals surface area (Å²) in [7, 11) is 0. The lowest BCUT2D eigenvalue weighted by Crippen LogP contribution is -2.08. The van der Waals surface area contributed by atoms with E-state index in [0.717, 1.165) is 6.42 Å². The number of hydrogen-bond acceptors (Lipinski definition) is 4. The lowest BCUT2D eigenvalue weighted by Gasteiger charge is -2.03. The molecule has 0 radical (unpaired) electrons. The van der Waals surface area contributed by atoms with Gasteiger partial charge in [0, 0.05) is 6.61 Å². The third kappa shape index (κ3) is 4.58. The third-order valence-corrected chi connectivity index (χ3v) is 1.62. The van der Waals surface area contributed by atoms with E-state index in [1.165, 1.54) is 0 Å². The van der Waals surface area contributed by atoms with E-state index in [4.69, 9.17) is 4.74 Å². The summed E-state index contributed by atoms with van der Waals surface area (Å²) in [5.41, 5.74) is 0.452. The molecule has 0 aliphatic carbocycles. The van der Waals surface area contributed by atoms with Crippen molar-refractivity contribution in [3.05, 3.63) is 35.9 Å². The zero-order valence-electron chi connectivity index (χ0n) is 8.64. The molecule has 0 spiro atoms. The van der Waals surface area contributed by atoms with Crippen LogP contribution in [-0.2, 0) is 14.5 Å². The van der Waals surface area contributed by atoms with Crippen molar-refractivity contribution in [2.45, 2.75) is 13.3 Å². The summed E-state index contributed by atoms with van der Waals surface area (Å²) in [5.74, 6) is -0.518. The highest BCUT2D eigenvalue weighted by Crippen LogP contribution is 2.01. The molecule has 0 atom stereocenters. The maximum Gasteiger partial charge on any atom is 0.373 e. The average Bonchev–Trinajstić information content (AvgIpc) is 2.30. The lowest BCUT2D eigenvalue weighted by atomic mass is 10.2. The molecule has 0 heterocycles. The van der Waals surface area contributed by atoms with Gasteiger partial charge in [-0.2, -0.15) is 4.89 Å². The van der Waals surface area contributed by atoms with Gasteiger partial charge in [0.2, 0.25) is 0 Å². The first kappa shape index (κ1) is 11.7. The Kier molecular flexibility index (Phi) is 5.43. The van der Waals surface area contributed by atoms with Gasteiger partial charge in [-0.15, -0.1) is 0 Å². The van der Waals surface area contributed by atoms with Gasteiger partial charge in [-0.05, 0) is 18.6 Å². The minimum atomic E-state index is -0.518. The maximum absolute atomic E-state index is 11.3. The lowest BCUT2D eigenvalue weighted by molar-refractivity contribution is -0.291. The van der Waals surface area contributed by atoms with Crippen molar-refractivity contribution in [1.82, 2.24) is 0 Å². The molecule has 1 aromatic rings. The van der Waals surface area contributed by atoms with Crippen LogP contribution in [0.15, 0.2) is 30.3 Å². The van der Waals surface area contributed by atoms with Crippen LogP contribution in [0.1, 0.15) is 23.7 Å². The Bertz CT molecular complexity index is 284. The Balaban J connectivity index is 2.20. The van der Waals surface area contributed by atoms with Crippen LogP contribution in [0, 0.1) is 0 Å². The van der Waals surface area contributed by atoms with E-state index in [2.05, 4.69) is 9.78 Å². The molecular weight excluding hydrogens is 196 g/mol. The fourth-order valence-electron chi connectivity index (χ4n) is 0.937. The molecule has 1 rings (SSSR count). The highest BCUT2D eigenvalue weighted by Gasteiger charge is 2.06. The number of rotatable bonds is 6. The Morgan fingerprint density at radius 1 is 1.27 bits per heavy atom. The molecule has 0 saturated carbocycles. The fraction of sp³-hybridized carbons (Fsp3) is 0.364. The summed E-state index contributed by atoms with van der Waals surface area (Å²) in [6.45, 7) is 2.53. The predicted octanol–water partition coefficient (Wildman–Crippen LogP) is 2.16. The second-order valence-corrected chi connectivity index (χ2v) is 2.88. The number of benzene rings is 1. The van der Waals surface area contributed by atoms with E-state index in [1.807, 2.05) is 13.0 Å². The Morgan fingerprint density at radius 2 is 2.00 bits per heavy atom. The zero-order chi connectivity index (χ0) is 10.9. The van der Waals surface area contributed by atoms with Gasteiger partial charge < -0.3 is 4.74 Å². The highest BCUT2D eigenvalue weighted by molar-refractivity contribution is 5.88. The molecule has 1 aromatic carbocycles. The van der Waals surface area contributed by atoms with Crippen LogP contribution in [-0.4, -0.2) is 19.4 Å². The van der Waals surface area contributed by atoms with Gasteiger partial charge >= 0.3 is 5.97 Å². The molecule has 0 aliphatic rings. The van der Waals surface area contributed by atoms with Crippen LogP contribution in [0.25, 0.3) is 0 Å². The van der Waals surface area contributed by atoms with Gasteiger partial charge in [0.05, 0.1) is 5.56 Å². The Hall–Kier alpha value is -1.39. The van der Waals surface area contributed by atoms with E-state index in [-0.39, 0.29) is 6.79 Å². The molecule has 0 unspecified atom stereocenters. The molecular formula is C11H14O4. The Labute approximate surface area is 88.7 Å². The molecule has 4 heteroatoms. The van der Waals surface area contributed by atoms with Gasteiger partial charge in [-0.1, -0.05) is 25.1 Å². The molecule has 4 nitrogen and oxygen atoms in total. The van der Waals surface area contributed by atoms with Crippen LogP contribution < -0.4 is 0 Å². The van der Waals surface area contributed by atoms with E-state index in [0.29, 0.717) is 12.2 Å². The molecule has 82 valence electrons. The second-order valence-electron chi connectivity index (χ2n) is 2.88. The fourth-order valence-corrected chi connectivity index (χ4v) is 0.937. The average molecular weight is 210 g/mol. The van der Waals surface area contributed by atoms with Gasteiger partial charge in [-0.3, -0.25) is 4.89 Å². The molecule has 0 aromatic heterocycles. The summed E-state index contributed by atoms with van der Waals surface area (Å²) >= 11 is 0. The summed E-state index contributed by atoms with van der Waals surface area (Å²) in [6.07, 6.45) is 0.899. The number of hydrogen-bond donors (Lipinski definition) is 0. The minimum Gasteiger partial charge on any atom is -0.351 e. The quantitative estimate of drug-likeness (QED) is 0.312. The molecule has 0 N–H and O–H groups in total. The summed E-state index contributed by atoms with van der Waals surface area (Å²) in [6, 6.07) is 8.63. The van der Waals surface area contributed by atoms with Crippen molar-refractivity contribution in [2.75, 3.05) is 13.4 Å². The first-order chi connectivity index (χ1) is 7.34. The van der Waals surface area contributed by atoms with E-state index in [1.54, 1.807) is 24.3 Å². The van der Waals surface area contributed by atoms with E-state index < -0.39 is 5.97 Å². The molecule has 0 bridgehead atoms. The number of ether oxygens (including phenoxy) is 1. The molecule has 15 heavy (non-hydrogen) atoms. The summed E-state index contributed by atoms with van der Waals surface area (Å²) in [4.78, 5) is 20.4. The first-order valence-electron chi connectivity index (χ1n) is 4.81. The summed E-state index contributed by atoms with van der Waals surface area (Å²) in [5, 5.41) is 0. The minimum absolute atomic E-state index is 0.0353. The van der Waals surface area contributed by atoms with Crippen molar-refractivity contribution < 1.29 is 19.3 Å². The molecule has 0 fully saturated rings. The molecule has 0 aliphatic heterocycles. The van der Waals surface area contributed by atoms with Crippen LogP contribution >= 0.6 is 0 Å². The summed E-state index contributed by atoms with van der Waals surface area (Å²) < 4.78 is 4.97. The van der Waals surface area contributed by atoms with Crippen molar-refractivity contribution in [3.63, 3.8) is 0 Å². The first-order valence-corrected chi connectivity index (χ1v) is 4.81. The predicted molar refractivity (Wildman–Crippen MR) is 54.1 cm³/mol. The van der Waals surface area contributed by atoms with Crippen molar-refractivity contribution in [3.8, 4) is 0 Å². The van der Waals surface area contributed by atoms with E-state index in [9.17, 15) is 4.79 Å². The SMILES string of the molecule is CCCOCOOC(=O)c1ccccc1. The normalized spacial score (nSPS) is 9.93. The van der Waals surface area contributed by atoms with Crippen molar-refractivity contribution >= 4 is 5.97 Å². The topological polar surface area (TPSA) is 44.8 Å². The van der Waals surface area contributed by atoms with Crippen LogP contribution in [0.4, 0.5) is 0 Å². The van der Waals surface area contributed by atoms with Crippen LogP contribution in [0.2, 0.25) is 0 Å². The third-order valence-electron chi connectivity index (χ3n) is 1.62. The van der Waals surface area contributed by atoms with Crippen LogP contribution in [0.3, 0.4) is 0 Å². The van der Waals surface area contributed by atoms with Gasteiger partial charge in [-0.25, -0.2) is 4.79 Å². The van der Waals surface area contributed by atoms with Gasteiger partial charge in [0.25, 0.3) is 0 Å². The second kappa shape index (κ2) is 6.98.